The Morgan fingerprint density at radius 2 is 2.21 bits per heavy atom. The van der Waals surface area contributed by atoms with Gasteiger partial charge in [-0.05, 0) is 37.1 Å². The Hall–Kier alpha value is -2.15. The summed E-state index contributed by atoms with van der Waals surface area (Å²) in [6.07, 6.45) is 4.10. The van der Waals surface area contributed by atoms with Gasteiger partial charge >= 0.3 is 0 Å². The topological polar surface area (TPSA) is 67.2 Å². The number of hydrogen-bond donors (Lipinski definition) is 1. The normalized spacial score (nSPS) is 20.6. The predicted octanol–water partition coefficient (Wildman–Crippen LogP) is 1.67. The van der Waals surface area contributed by atoms with Crippen LogP contribution in [-0.4, -0.2) is 39.6 Å². The first-order chi connectivity index (χ1) is 11.7. The molecule has 2 amide bonds. The summed E-state index contributed by atoms with van der Waals surface area (Å²) in [6, 6.07) is 3.27. The average molecular weight is 344 g/mol. The van der Waals surface area contributed by atoms with Gasteiger partial charge in [0, 0.05) is 36.3 Å². The number of fused-ring (bicyclic) bond motifs is 1. The number of aromatic nitrogens is 2. The number of thiophene rings is 1. The molecular weight excluding hydrogens is 324 g/mol. The maximum absolute atomic E-state index is 13.2. The minimum absolute atomic E-state index is 0.109. The SMILES string of the molecule is Cn1nc(C(=O)N2CCNC(=O)[C@@H]2c2cccs2)c2c1CCCC2. The van der Waals surface area contributed by atoms with Gasteiger partial charge in [-0.25, -0.2) is 0 Å². The third-order valence-electron chi connectivity index (χ3n) is 4.85. The highest BCUT2D eigenvalue weighted by Gasteiger charge is 2.37. The number of piperazine rings is 1. The van der Waals surface area contributed by atoms with E-state index in [0.29, 0.717) is 18.8 Å². The van der Waals surface area contributed by atoms with Gasteiger partial charge in [-0.2, -0.15) is 5.10 Å². The van der Waals surface area contributed by atoms with Crippen LogP contribution in [0.4, 0.5) is 0 Å². The van der Waals surface area contributed by atoms with Crippen molar-refractivity contribution in [3.63, 3.8) is 0 Å². The van der Waals surface area contributed by atoms with Crippen molar-refractivity contribution < 1.29 is 9.59 Å². The quantitative estimate of drug-likeness (QED) is 0.901. The highest BCUT2D eigenvalue weighted by molar-refractivity contribution is 7.10. The van der Waals surface area contributed by atoms with Crippen LogP contribution in [-0.2, 0) is 24.7 Å². The van der Waals surface area contributed by atoms with Crippen LogP contribution < -0.4 is 5.32 Å². The number of aryl methyl sites for hydroxylation is 1. The van der Waals surface area contributed by atoms with Crippen molar-refractivity contribution in [2.24, 2.45) is 7.05 Å². The Bertz CT molecular complexity index is 781. The Labute approximate surface area is 144 Å². The molecule has 1 atom stereocenters. The first-order valence-corrected chi connectivity index (χ1v) is 9.21. The molecule has 0 saturated carbocycles. The van der Waals surface area contributed by atoms with E-state index in [-0.39, 0.29) is 11.8 Å². The number of hydrogen-bond acceptors (Lipinski definition) is 4. The molecule has 2 aromatic heterocycles. The highest BCUT2D eigenvalue weighted by atomic mass is 32.1. The van der Waals surface area contributed by atoms with E-state index in [2.05, 4.69) is 10.4 Å². The zero-order valence-corrected chi connectivity index (χ0v) is 14.4. The number of amides is 2. The van der Waals surface area contributed by atoms with Crippen molar-refractivity contribution in [2.45, 2.75) is 31.7 Å². The first-order valence-electron chi connectivity index (χ1n) is 8.33. The fourth-order valence-corrected chi connectivity index (χ4v) is 4.53. The fraction of sp³-hybridized carbons (Fsp3) is 0.471. The Balaban J connectivity index is 1.71. The molecular formula is C17H20N4O2S. The first kappa shape index (κ1) is 15.4. The molecule has 1 fully saturated rings. The van der Waals surface area contributed by atoms with Gasteiger partial charge in [0.1, 0.15) is 6.04 Å². The standard InChI is InChI=1S/C17H20N4O2S/c1-20-12-6-3-2-5-11(12)14(19-20)17(23)21-9-8-18-16(22)15(21)13-7-4-10-24-13/h4,7,10,15H,2-3,5-6,8-9H2,1H3,(H,18,22)/t15-/m0/s1. The van der Waals surface area contributed by atoms with E-state index in [1.807, 2.05) is 29.2 Å². The zero-order valence-electron chi connectivity index (χ0n) is 13.6. The summed E-state index contributed by atoms with van der Waals surface area (Å²) in [4.78, 5) is 28.2. The number of rotatable bonds is 2. The van der Waals surface area contributed by atoms with Crippen molar-refractivity contribution in [3.05, 3.63) is 39.3 Å². The lowest BCUT2D eigenvalue weighted by atomic mass is 9.95. The molecule has 6 nitrogen and oxygen atoms in total. The van der Waals surface area contributed by atoms with Crippen LogP contribution in [0.2, 0.25) is 0 Å². The summed E-state index contributed by atoms with van der Waals surface area (Å²) in [5.74, 6) is -0.233. The molecule has 0 spiro atoms. The van der Waals surface area contributed by atoms with Crippen molar-refractivity contribution >= 4 is 23.2 Å². The second-order valence-corrected chi connectivity index (χ2v) is 7.29. The molecule has 3 heterocycles. The van der Waals surface area contributed by atoms with Gasteiger partial charge < -0.3 is 10.2 Å². The lowest BCUT2D eigenvalue weighted by molar-refractivity contribution is -0.127. The summed E-state index contributed by atoms with van der Waals surface area (Å²) in [6.45, 7) is 1.000. The molecule has 7 heteroatoms. The second-order valence-electron chi connectivity index (χ2n) is 6.31. The van der Waals surface area contributed by atoms with Crippen LogP contribution in [0.25, 0.3) is 0 Å². The molecule has 4 rings (SSSR count). The summed E-state index contributed by atoms with van der Waals surface area (Å²) < 4.78 is 1.84. The minimum Gasteiger partial charge on any atom is -0.352 e. The van der Waals surface area contributed by atoms with E-state index in [9.17, 15) is 9.59 Å². The number of carbonyl (C=O) groups excluding carboxylic acids is 2. The van der Waals surface area contributed by atoms with Crippen LogP contribution >= 0.6 is 11.3 Å². The van der Waals surface area contributed by atoms with Crippen molar-refractivity contribution in [2.75, 3.05) is 13.1 Å². The molecule has 1 saturated heterocycles. The molecule has 0 bridgehead atoms. The summed E-state index contributed by atoms with van der Waals surface area (Å²) in [7, 11) is 1.90. The molecule has 1 aliphatic carbocycles. The Kier molecular flexibility index (Phi) is 3.88. The second kappa shape index (κ2) is 6.05. The average Bonchev–Trinajstić information content (AvgIpc) is 3.23. The van der Waals surface area contributed by atoms with E-state index in [0.717, 1.165) is 36.1 Å². The Morgan fingerprint density at radius 3 is 3.00 bits per heavy atom. The van der Waals surface area contributed by atoms with Gasteiger partial charge in [-0.1, -0.05) is 6.07 Å². The zero-order chi connectivity index (χ0) is 16.7. The maximum atomic E-state index is 13.2. The van der Waals surface area contributed by atoms with E-state index < -0.39 is 6.04 Å². The van der Waals surface area contributed by atoms with E-state index in [1.165, 1.54) is 17.0 Å². The molecule has 1 N–H and O–H groups in total. The van der Waals surface area contributed by atoms with Gasteiger partial charge in [0.25, 0.3) is 5.91 Å². The number of nitrogens with zero attached hydrogens (tertiary/aromatic N) is 3. The largest absolute Gasteiger partial charge is 0.352 e. The van der Waals surface area contributed by atoms with Crippen LogP contribution in [0.1, 0.15) is 45.5 Å². The van der Waals surface area contributed by atoms with Gasteiger partial charge in [-0.3, -0.25) is 14.3 Å². The molecule has 0 aromatic carbocycles. The smallest absolute Gasteiger partial charge is 0.275 e. The van der Waals surface area contributed by atoms with E-state index >= 15 is 0 Å². The third kappa shape index (κ3) is 2.43. The third-order valence-corrected chi connectivity index (χ3v) is 5.78. The molecule has 24 heavy (non-hydrogen) atoms. The van der Waals surface area contributed by atoms with Crippen LogP contribution in [0, 0.1) is 0 Å². The van der Waals surface area contributed by atoms with Crippen molar-refractivity contribution in [1.29, 1.82) is 0 Å². The molecule has 0 unspecified atom stereocenters. The van der Waals surface area contributed by atoms with Gasteiger partial charge in [-0.15, -0.1) is 11.3 Å². The van der Waals surface area contributed by atoms with Crippen molar-refractivity contribution in [1.82, 2.24) is 20.0 Å². The maximum Gasteiger partial charge on any atom is 0.275 e. The van der Waals surface area contributed by atoms with Crippen LogP contribution in [0.15, 0.2) is 17.5 Å². The van der Waals surface area contributed by atoms with E-state index in [4.69, 9.17) is 0 Å². The van der Waals surface area contributed by atoms with E-state index in [1.54, 1.807) is 4.90 Å². The monoisotopic (exact) mass is 344 g/mol. The molecule has 0 radical (unpaired) electrons. The lowest BCUT2D eigenvalue weighted by Gasteiger charge is -2.34. The summed E-state index contributed by atoms with van der Waals surface area (Å²) in [5, 5.41) is 9.31. The molecule has 126 valence electrons. The van der Waals surface area contributed by atoms with Crippen LogP contribution in [0.3, 0.4) is 0 Å². The molecule has 2 aromatic rings. The van der Waals surface area contributed by atoms with Gasteiger partial charge in [0.05, 0.1) is 0 Å². The lowest BCUT2D eigenvalue weighted by Crippen LogP contribution is -2.52. The highest BCUT2D eigenvalue weighted by Crippen LogP contribution is 2.31. The predicted molar refractivity (Wildman–Crippen MR) is 91.0 cm³/mol. The molecule has 1 aliphatic heterocycles. The summed E-state index contributed by atoms with van der Waals surface area (Å²) in [5.41, 5.74) is 2.77. The number of carbonyl (C=O) groups is 2. The Morgan fingerprint density at radius 1 is 1.38 bits per heavy atom. The minimum atomic E-state index is -0.549. The van der Waals surface area contributed by atoms with Crippen LogP contribution in [0.5, 0.6) is 0 Å². The van der Waals surface area contributed by atoms with Gasteiger partial charge in [0.2, 0.25) is 5.91 Å². The van der Waals surface area contributed by atoms with Gasteiger partial charge in [0.15, 0.2) is 5.69 Å². The van der Waals surface area contributed by atoms with Crippen molar-refractivity contribution in [3.8, 4) is 0 Å². The fourth-order valence-electron chi connectivity index (χ4n) is 3.70. The summed E-state index contributed by atoms with van der Waals surface area (Å²) >= 11 is 1.50. The number of nitrogens with one attached hydrogen (secondary N) is 1. The molecule has 2 aliphatic rings.